The monoisotopic (exact) mass is 310 g/mol. The van der Waals surface area contributed by atoms with Crippen LogP contribution in [0.4, 0.5) is 5.69 Å². The van der Waals surface area contributed by atoms with Crippen LogP contribution in [0.25, 0.3) is 0 Å². The minimum absolute atomic E-state index is 0.0790. The highest BCUT2D eigenvalue weighted by Gasteiger charge is 2.23. The van der Waals surface area contributed by atoms with Crippen molar-refractivity contribution in [1.82, 2.24) is 5.32 Å². The molecule has 4 nitrogen and oxygen atoms in total. The molecular weight excluding hydrogens is 288 g/mol. The highest BCUT2D eigenvalue weighted by atomic mass is 16.5. The summed E-state index contributed by atoms with van der Waals surface area (Å²) in [6, 6.07) is 16.0. The second-order valence-electron chi connectivity index (χ2n) is 5.73. The number of fused-ring (bicyclic) bond motifs is 1. The van der Waals surface area contributed by atoms with Crippen LogP contribution in [0.5, 0.6) is 5.75 Å². The Morgan fingerprint density at radius 1 is 1.26 bits per heavy atom. The Kier molecular flexibility index (Phi) is 4.81. The maximum Gasteiger partial charge on any atom is 0.220 e. The zero-order chi connectivity index (χ0) is 16.1. The van der Waals surface area contributed by atoms with E-state index in [1.54, 1.807) is 0 Å². The van der Waals surface area contributed by atoms with E-state index in [1.165, 1.54) is 5.56 Å². The van der Waals surface area contributed by atoms with E-state index in [4.69, 9.17) is 4.74 Å². The molecule has 4 heteroatoms. The van der Waals surface area contributed by atoms with Gasteiger partial charge < -0.3 is 15.4 Å². The molecule has 0 radical (unpaired) electrons. The first kappa shape index (κ1) is 15.4. The maximum absolute atomic E-state index is 12.2. The van der Waals surface area contributed by atoms with Gasteiger partial charge in [-0.25, -0.2) is 0 Å². The fourth-order valence-electron chi connectivity index (χ4n) is 2.95. The summed E-state index contributed by atoms with van der Waals surface area (Å²) in [5.41, 5.74) is 3.44. The smallest absolute Gasteiger partial charge is 0.220 e. The van der Waals surface area contributed by atoms with Gasteiger partial charge >= 0.3 is 0 Å². The van der Waals surface area contributed by atoms with Gasteiger partial charge in [-0.05, 0) is 36.2 Å². The number of amides is 1. The molecule has 3 rings (SSSR count). The fraction of sp³-hybridized carbons (Fsp3) is 0.316. The van der Waals surface area contributed by atoms with Crippen LogP contribution in [-0.4, -0.2) is 19.1 Å². The van der Waals surface area contributed by atoms with Crippen molar-refractivity contribution in [1.29, 1.82) is 0 Å². The second kappa shape index (κ2) is 7.18. The average molecular weight is 310 g/mol. The summed E-state index contributed by atoms with van der Waals surface area (Å²) < 4.78 is 5.48. The number of ether oxygens (including phenoxy) is 1. The molecule has 0 saturated carbocycles. The Morgan fingerprint density at radius 3 is 3.00 bits per heavy atom. The van der Waals surface area contributed by atoms with Crippen molar-refractivity contribution in [2.75, 3.05) is 18.5 Å². The van der Waals surface area contributed by atoms with E-state index in [0.29, 0.717) is 19.6 Å². The zero-order valence-corrected chi connectivity index (χ0v) is 13.3. The topological polar surface area (TPSA) is 50.4 Å². The van der Waals surface area contributed by atoms with Crippen LogP contribution >= 0.6 is 0 Å². The first-order chi connectivity index (χ1) is 11.3. The summed E-state index contributed by atoms with van der Waals surface area (Å²) in [5.74, 6) is 1.17. The summed E-state index contributed by atoms with van der Waals surface area (Å²) in [6.07, 6.45) is 0.509. The Bertz CT molecular complexity index is 685. The summed E-state index contributed by atoms with van der Waals surface area (Å²) in [7, 11) is 0. The van der Waals surface area contributed by atoms with Gasteiger partial charge in [-0.2, -0.15) is 0 Å². The van der Waals surface area contributed by atoms with E-state index in [9.17, 15) is 4.79 Å². The fourth-order valence-corrected chi connectivity index (χ4v) is 2.95. The van der Waals surface area contributed by atoms with Crippen molar-refractivity contribution in [3.05, 3.63) is 59.7 Å². The Labute approximate surface area is 136 Å². The third-order valence-corrected chi connectivity index (χ3v) is 4.07. The van der Waals surface area contributed by atoms with Crippen LogP contribution in [0.3, 0.4) is 0 Å². The van der Waals surface area contributed by atoms with Crippen molar-refractivity contribution in [3.8, 4) is 5.75 Å². The van der Waals surface area contributed by atoms with Gasteiger partial charge in [0.1, 0.15) is 5.75 Å². The van der Waals surface area contributed by atoms with Crippen LogP contribution in [0.15, 0.2) is 48.5 Å². The molecule has 2 aromatic carbocycles. The van der Waals surface area contributed by atoms with Crippen LogP contribution in [-0.2, 0) is 11.3 Å². The van der Waals surface area contributed by atoms with E-state index in [-0.39, 0.29) is 11.8 Å². The molecule has 2 aromatic rings. The van der Waals surface area contributed by atoms with E-state index >= 15 is 0 Å². The first-order valence-electron chi connectivity index (χ1n) is 8.07. The lowest BCUT2D eigenvalue weighted by Gasteiger charge is -2.11. The molecule has 1 aliphatic rings. The van der Waals surface area contributed by atoms with Crippen molar-refractivity contribution < 1.29 is 9.53 Å². The summed E-state index contributed by atoms with van der Waals surface area (Å²) in [6.45, 7) is 3.96. The third kappa shape index (κ3) is 3.83. The van der Waals surface area contributed by atoms with Crippen molar-refractivity contribution in [2.24, 2.45) is 0 Å². The number of para-hydroxylation sites is 1. The van der Waals surface area contributed by atoms with Gasteiger partial charge in [-0.15, -0.1) is 0 Å². The number of carbonyl (C=O) groups excluding carboxylic acids is 1. The Balaban J connectivity index is 1.53. The van der Waals surface area contributed by atoms with Crippen LogP contribution < -0.4 is 15.4 Å². The van der Waals surface area contributed by atoms with Gasteiger partial charge in [0.15, 0.2) is 0 Å². The molecule has 0 bridgehead atoms. The molecule has 2 N–H and O–H groups in total. The number of benzene rings is 2. The molecule has 23 heavy (non-hydrogen) atoms. The minimum Gasteiger partial charge on any atom is -0.494 e. The largest absolute Gasteiger partial charge is 0.494 e. The minimum atomic E-state index is 0.0790. The molecule has 0 spiro atoms. The van der Waals surface area contributed by atoms with E-state index in [0.717, 1.165) is 23.5 Å². The zero-order valence-electron chi connectivity index (χ0n) is 13.3. The molecule has 1 heterocycles. The Morgan fingerprint density at radius 2 is 2.13 bits per heavy atom. The highest BCUT2D eigenvalue weighted by molar-refractivity contribution is 5.78. The standard InChI is InChI=1S/C19H22N2O2/c1-2-23-16-7-5-6-14(10-16)12-21-19(22)11-15-13-20-18-9-4-3-8-17(15)18/h3-10,15,20H,2,11-13H2,1H3,(H,21,22). The Hall–Kier alpha value is -2.49. The first-order valence-corrected chi connectivity index (χ1v) is 8.07. The van der Waals surface area contributed by atoms with Crippen LogP contribution in [0, 0.1) is 0 Å². The van der Waals surface area contributed by atoms with Crippen molar-refractivity contribution in [2.45, 2.75) is 25.8 Å². The van der Waals surface area contributed by atoms with Crippen molar-refractivity contribution >= 4 is 11.6 Å². The lowest BCUT2D eigenvalue weighted by Crippen LogP contribution is -2.25. The SMILES string of the molecule is CCOc1cccc(CNC(=O)CC2CNc3ccccc32)c1. The molecule has 1 amide bonds. The van der Waals surface area contributed by atoms with E-state index in [1.807, 2.05) is 43.3 Å². The van der Waals surface area contributed by atoms with Gasteiger partial charge in [0, 0.05) is 31.1 Å². The van der Waals surface area contributed by atoms with E-state index in [2.05, 4.69) is 22.8 Å². The predicted octanol–water partition coefficient (Wildman–Crippen LogP) is 3.30. The maximum atomic E-state index is 12.2. The number of hydrogen-bond acceptors (Lipinski definition) is 3. The number of rotatable bonds is 6. The normalized spacial score (nSPS) is 15.6. The summed E-state index contributed by atoms with van der Waals surface area (Å²) >= 11 is 0. The molecular formula is C19H22N2O2. The molecule has 0 aliphatic carbocycles. The van der Waals surface area contributed by atoms with Crippen LogP contribution in [0.1, 0.15) is 30.4 Å². The highest BCUT2D eigenvalue weighted by Crippen LogP contribution is 2.33. The summed E-state index contributed by atoms with van der Waals surface area (Å²) in [5, 5.41) is 6.36. The number of anilines is 1. The number of nitrogens with one attached hydrogen (secondary N) is 2. The van der Waals surface area contributed by atoms with Gasteiger partial charge in [-0.1, -0.05) is 30.3 Å². The molecule has 0 saturated heterocycles. The summed E-state index contributed by atoms with van der Waals surface area (Å²) in [4.78, 5) is 12.2. The number of hydrogen-bond donors (Lipinski definition) is 2. The van der Waals surface area contributed by atoms with Gasteiger partial charge in [-0.3, -0.25) is 4.79 Å². The van der Waals surface area contributed by atoms with Gasteiger partial charge in [0.2, 0.25) is 5.91 Å². The molecule has 1 atom stereocenters. The third-order valence-electron chi connectivity index (χ3n) is 4.07. The van der Waals surface area contributed by atoms with E-state index < -0.39 is 0 Å². The molecule has 1 aliphatic heterocycles. The second-order valence-corrected chi connectivity index (χ2v) is 5.73. The quantitative estimate of drug-likeness (QED) is 0.860. The predicted molar refractivity (Wildman–Crippen MR) is 91.7 cm³/mol. The molecule has 1 unspecified atom stereocenters. The lowest BCUT2D eigenvalue weighted by molar-refractivity contribution is -0.121. The lowest BCUT2D eigenvalue weighted by atomic mass is 9.97. The average Bonchev–Trinajstić information content (AvgIpc) is 2.97. The number of carbonyl (C=O) groups is 1. The van der Waals surface area contributed by atoms with Crippen molar-refractivity contribution in [3.63, 3.8) is 0 Å². The molecule has 0 fully saturated rings. The molecule has 0 aromatic heterocycles. The van der Waals surface area contributed by atoms with Gasteiger partial charge in [0.25, 0.3) is 0 Å². The van der Waals surface area contributed by atoms with Gasteiger partial charge in [0.05, 0.1) is 6.61 Å². The molecule has 120 valence electrons. The van der Waals surface area contributed by atoms with Crippen LogP contribution in [0.2, 0.25) is 0 Å².